The van der Waals surface area contributed by atoms with Gasteiger partial charge < -0.3 is 9.64 Å². The molecule has 3 aromatic rings. The minimum atomic E-state index is -0.0168. The molecular weight excluding hydrogens is 340 g/mol. The molecule has 0 spiro atoms. The van der Waals surface area contributed by atoms with E-state index in [1.54, 1.807) is 25.4 Å². The number of amides is 1. The Balaban J connectivity index is 1.58. The van der Waals surface area contributed by atoms with Crippen LogP contribution in [0.4, 0.5) is 0 Å². The fourth-order valence-electron chi connectivity index (χ4n) is 3.39. The Hall–Kier alpha value is -3.15. The van der Waals surface area contributed by atoms with Gasteiger partial charge in [0.1, 0.15) is 0 Å². The fourth-order valence-corrected chi connectivity index (χ4v) is 3.39. The van der Waals surface area contributed by atoms with Gasteiger partial charge in [0, 0.05) is 30.9 Å². The Kier molecular flexibility index (Phi) is 4.62. The second-order valence-electron chi connectivity index (χ2n) is 6.78. The third kappa shape index (κ3) is 3.56. The summed E-state index contributed by atoms with van der Waals surface area (Å²) in [5, 5.41) is 4.76. The molecule has 0 aliphatic carbocycles. The van der Waals surface area contributed by atoms with Crippen molar-refractivity contribution < 1.29 is 9.53 Å². The van der Waals surface area contributed by atoms with Gasteiger partial charge in [-0.05, 0) is 31.5 Å². The van der Waals surface area contributed by atoms with E-state index >= 15 is 0 Å². The molecule has 0 saturated heterocycles. The molecule has 138 valence electrons. The first kappa shape index (κ1) is 17.3. The molecule has 1 aliphatic rings. The summed E-state index contributed by atoms with van der Waals surface area (Å²) in [7, 11) is 1.56. The zero-order valence-corrected chi connectivity index (χ0v) is 15.6. The Morgan fingerprint density at radius 3 is 2.78 bits per heavy atom. The Bertz CT molecular complexity index is 963. The standard InChI is InChI=1S/C21H22N4O2/c1-15-5-3-6-16(11-15)19-12-18-14-24(9-4-10-25(18)23-19)21(26)17-7-8-20(27-2)22-13-17/h3,5-8,11-13H,4,9-10,14H2,1-2H3. The molecule has 0 bridgehead atoms. The SMILES string of the molecule is COc1ccc(C(=O)N2CCCn3nc(-c4cccc(C)c4)cc3C2)cn1. The lowest BCUT2D eigenvalue weighted by molar-refractivity contribution is 0.0745. The van der Waals surface area contributed by atoms with Gasteiger partial charge in [0.25, 0.3) is 5.91 Å². The molecule has 0 fully saturated rings. The maximum atomic E-state index is 12.9. The predicted molar refractivity (Wildman–Crippen MR) is 103 cm³/mol. The third-order valence-electron chi connectivity index (χ3n) is 4.81. The number of nitrogens with zero attached hydrogens (tertiary/aromatic N) is 4. The van der Waals surface area contributed by atoms with E-state index in [0.29, 0.717) is 24.5 Å². The van der Waals surface area contributed by atoms with Crippen LogP contribution in [0.15, 0.2) is 48.7 Å². The number of fused-ring (bicyclic) bond motifs is 1. The Morgan fingerprint density at radius 2 is 2.04 bits per heavy atom. The number of carbonyl (C=O) groups excluding carboxylic acids is 1. The van der Waals surface area contributed by atoms with Gasteiger partial charge in [0.05, 0.1) is 30.6 Å². The van der Waals surface area contributed by atoms with E-state index in [1.165, 1.54) is 5.56 Å². The monoisotopic (exact) mass is 362 g/mol. The van der Waals surface area contributed by atoms with E-state index in [0.717, 1.165) is 29.9 Å². The topological polar surface area (TPSA) is 60.2 Å². The number of hydrogen-bond donors (Lipinski definition) is 0. The highest BCUT2D eigenvalue weighted by molar-refractivity contribution is 5.94. The van der Waals surface area contributed by atoms with E-state index in [1.807, 2.05) is 15.6 Å². The van der Waals surface area contributed by atoms with Crippen molar-refractivity contribution in [2.24, 2.45) is 0 Å². The molecule has 2 aromatic heterocycles. The van der Waals surface area contributed by atoms with Gasteiger partial charge in [-0.2, -0.15) is 5.10 Å². The van der Waals surface area contributed by atoms with Crippen molar-refractivity contribution in [1.29, 1.82) is 0 Å². The van der Waals surface area contributed by atoms with Crippen molar-refractivity contribution in [2.45, 2.75) is 26.4 Å². The lowest BCUT2D eigenvalue weighted by Gasteiger charge is -2.20. The van der Waals surface area contributed by atoms with Crippen molar-refractivity contribution in [3.8, 4) is 17.1 Å². The first-order valence-electron chi connectivity index (χ1n) is 9.07. The first-order chi connectivity index (χ1) is 13.1. The molecule has 1 amide bonds. The molecule has 6 nitrogen and oxygen atoms in total. The molecule has 6 heteroatoms. The molecule has 27 heavy (non-hydrogen) atoms. The summed E-state index contributed by atoms with van der Waals surface area (Å²) in [5.41, 5.74) is 4.89. The summed E-state index contributed by atoms with van der Waals surface area (Å²) < 4.78 is 7.09. The van der Waals surface area contributed by atoms with Gasteiger partial charge in [0.15, 0.2) is 0 Å². The van der Waals surface area contributed by atoms with Crippen molar-refractivity contribution >= 4 is 5.91 Å². The summed E-state index contributed by atoms with van der Waals surface area (Å²) in [6.07, 6.45) is 2.44. The van der Waals surface area contributed by atoms with Crippen molar-refractivity contribution in [1.82, 2.24) is 19.7 Å². The minimum Gasteiger partial charge on any atom is -0.481 e. The highest BCUT2D eigenvalue weighted by atomic mass is 16.5. The number of aryl methyl sites for hydroxylation is 2. The van der Waals surface area contributed by atoms with Crippen LogP contribution < -0.4 is 4.74 Å². The number of rotatable bonds is 3. The van der Waals surface area contributed by atoms with Gasteiger partial charge in [-0.25, -0.2) is 4.98 Å². The Morgan fingerprint density at radius 1 is 1.15 bits per heavy atom. The van der Waals surface area contributed by atoms with Crippen LogP contribution in [-0.2, 0) is 13.1 Å². The van der Waals surface area contributed by atoms with E-state index in [9.17, 15) is 4.79 Å². The van der Waals surface area contributed by atoms with Crippen LogP contribution in [0.25, 0.3) is 11.3 Å². The first-order valence-corrected chi connectivity index (χ1v) is 9.07. The zero-order valence-electron chi connectivity index (χ0n) is 15.6. The summed E-state index contributed by atoms with van der Waals surface area (Å²) in [6, 6.07) is 13.9. The van der Waals surface area contributed by atoms with Crippen LogP contribution in [0, 0.1) is 6.92 Å². The average Bonchev–Trinajstić information content (AvgIpc) is 2.99. The van der Waals surface area contributed by atoms with Gasteiger partial charge in [-0.3, -0.25) is 9.48 Å². The minimum absolute atomic E-state index is 0.0168. The lowest BCUT2D eigenvalue weighted by atomic mass is 10.1. The van der Waals surface area contributed by atoms with Gasteiger partial charge >= 0.3 is 0 Å². The van der Waals surface area contributed by atoms with Crippen LogP contribution in [0.5, 0.6) is 5.88 Å². The molecule has 1 aromatic carbocycles. The van der Waals surface area contributed by atoms with Crippen molar-refractivity contribution in [3.05, 3.63) is 65.5 Å². The predicted octanol–water partition coefficient (Wildman–Crippen LogP) is 3.31. The number of ether oxygens (including phenoxy) is 1. The van der Waals surface area contributed by atoms with Gasteiger partial charge in [-0.15, -0.1) is 0 Å². The molecule has 0 N–H and O–H groups in total. The summed E-state index contributed by atoms with van der Waals surface area (Å²) >= 11 is 0. The van der Waals surface area contributed by atoms with Crippen molar-refractivity contribution in [2.75, 3.05) is 13.7 Å². The average molecular weight is 362 g/mol. The lowest BCUT2D eigenvalue weighted by Crippen LogP contribution is -2.30. The van der Waals surface area contributed by atoms with Crippen LogP contribution in [0.1, 0.15) is 28.0 Å². The quantitative estimate of drug-likeness (QED) is 0.717. The van der Waals surface area contributed by atoms with Gasteiger partial charge in [-0.1, -0.05) is 23.8 Å². The maximum Gasteiger partial charge on any atom is 0.255 e. The number of aromatic nitrogens is 3. The molecule has 0 radical (unpaired) electrons. The maximum absolute atomic E-state index is 12.9. The number of hydrogen-bond acceptors (Lipinski definition) is 4. The molecule has 4 rings (SSSR count). The second-order valence-corrected chi connectivity index (χ2v) is 6.78. The smallest absolute Gasteiger partial charge is 0.255 e. The molecule has 1 aliphatic heterocycles. The number of benzene rings is 1. The molecule has 3 heterocycles. The summed E-state index contributed by atoms with van der Waals surface area (Å²) in [6.45, 7) is 4.14. The summed E-state index contributed by atoms with van der Waals surface area (Å²) in [5.74, 6) is 0.486. The van der Waals surface area contributed by atoms with E-state index < -0.39 is 0 Å². The van der Waals surface area contributed by atoms with Gasteiger partial charge in [0.2, 0.25) is 5.88 Å². The number of methoxy groups -OCH3 is 1. The summed E-state index contributed by atoms with van der Waals surface area (Å²) in [4.78, 5) is 18.9. The molecule has 0 atom stereocenters. The normalized spacial score (nSPS) is 13.8. The third-order valence-corrected chi connectivity index (χ3v) is 4.81. The number of pyridine rings is 1. The van der Waals surface area contributed by atoms with E-state index in [-0.39, 0.29) is 5.91 Å². The van der Waals surface area contributed by atoms with Crippen LogP contribution in [0.3, 0.4) is 0 Å². The van der Waals surface area contributed by atoms with Crippen LogP contribution in [0.2, 0.25) is 0 Å². The molecular formula is C21H22N4O2. The second kappa shape index (κ2) is 7.23. The Labute approximate surface area is 158 Å². The largest absolute Gasteiger partial charge is 0.481 e. The van der Waals surface area contributed by atoms with Crippen molar-refractivity contribution in [3.63, 3.8) is 0 Å². The zero-order chi connectivity index (χ0) is 18.8. The van der Waals surface area contributed by atoms with Crippen LogP contribution in [-0.4, -0.2) is 39.2 Å². The van der Waals surface area contributed by atoms with E-state index in [4.69, 9.17) is 9.84 Å². The highest BCUT2D eigenvalue weighted by Crippen LogP contribution is 2.23. The fraction of sp³-hybridized carbons (Fsp3) is 0.286. The van der Waals surface area contributed by atoms with E-state index in [2.05, 4.69) is 36.2 Å². The van der Waals surface area contributed by atoms with Crippen LogP contribution >= 0.6 is 0 Å². The highest BCUT2D eigenvalue weighted by Gasteiger charge is 2.22. The number of carbonyl (C=O) groups is 1. The molecule has 0 unspecified atom stereocenters. The molecule has 0 saturated carbocycles.